The standard InChI is InChI=1S/C13H12F3N5/c1-8-3-2-4-9(5-8)21-11(18)10(6-17)12(20-21)19-7-13(14,15)16/h2-5H,7,18H2,1H3,(H,19,20). The first-order chi connectivity index (χ1) is 9.81. The summed E-state index contributed by atoms with van der Waals surface area (Å²) >= 11 is 0. The second kappa shape index (κ2) is 5.36. The van der Waals surface area contributed by atoms with E-state index < -0.39 is 12.7 Å². The van der Waals surface area contributed by atoms with Crippen molar-refractivity contribution in [2.45, 2.75) is 13.1 Å². The molecule has 2 rings (SSSR count). The van der Waals surface area contributed by atoms with Crippen LogP contribution in [-0.4, -0.2) is 22.5 Å². The van der Waals surface area contributed by atoms with Crippen molar-refractivity contribution in [1.82, 2.24) is 9.78 Å². The quantitative estimate of drug-likeness (QED) is 0.912. The highest BCUT2D eigenvalue weighted by Gasteiger charge is 2.28. The Morgan fingerprint density at radius 2 is 2.14 bits per heavy atom. The first-order valence-electron chi connectivity index (χ1n) is 5.98. The molecule has 2 aromatic rings. The van der Waals surface area contributed by atoms with Crippen LogP contribution in [0.4, 0.5) is 24.8 Å². The van der Waals surface area contributed by atoms with Gasteiger partial charge in [0, 0.05) is 0 Å². The van der Waals surface area contributed by atoms with Crippen molar-refractivity contribution in [3.8, 4) is 11.8 Å². The van der Waals surface area contributed by atoms with Gasteiger partial charge in [0.1, 0.15) is 24.0 Å². The minimum atomic E-state index is -4.41. The number of alkyl halides is 3. The van der Waals surface area contributed by atoms with E-state index >= 15 is 0 Å². The first kappa shape index (κ1) is 14.7. The van der Waals surface area contributed by atoms with Gasteiger partial charge in [-0.25, -0.2) is 4.68 Å². The number of benzene rings is 1. The van der Waals surface area contributed by atoms with E-state index in [4.69, 9.17) is 11.0 Å². The van der Waals surface area contributed by atoms with Crippen molar-refractivity contribution in [3.63, 3.8) is 0 Å². The monoisotopic (exact) mass is 295 g/mol. The van der Waals surface area contributed by atoms with E-state index in [0.717, 1.165) is 5.56 Å². The number of hydrogen-bond donors (Lipinski definition) is 2. The number of aromatic nitrogens is 2. The Bertz CT molecular complexity index is 697. The number of nitrogens with zero attached hydrogens (tertiary/aromatic N) is 3. The van der Waals surface area contributed by atoms with E-state index in [9.17, 15) is 13.2 Å². The molecule has 3 N–H and O–H groups in total. The van der Waals surface area contributed by atoms with Crippen molar-refractivity contribution in [3.05, 3.63) is 35.4 Å². The lowest BCUT2D eigenvalue weighted by atomic mass is 10.2. The summed E-state index contributed by atoms with van der Waals surface area (Å²) in [5, 5.41) is 15.1. The zero-order chi connectivity index (χ0) is 15.6. The van der Waals surface area contributed by atoms with Crippen molar-refractivity contribution in [1.29, 1.82) is 5.26 Å². The summed E-state index contributed by atoms with van der Waals surface area (Å²) in [6.45, 7) is 0.573. The molecule has 8 heteroatoms. The van der Waals surface area contributed by atoms with Crippen LogP contribution in [0, 0.1) is 18.3 Å². The van der Waals surface area contributed by atoms with Gasteiger partial charge in [-0.05, 0) is 24.6 Å². The molecule has 0 saturated heterocycles. The molecule has 110 valence electrons. The molecular formula is C13H12F3N5. The summed E-state index contributed by atoms with van der Waals surface area (Å²) < 4.78 is 38.0. The lowest BCUT2D eigenvalue weighted by Crippen LogP contribution is -2.21. The van der Waals surface area contributed by atoms with Gasteiger partial charge in [0.15, 0.2) is 5.82 Å². The third-order valence-corrected chi connectivity index (χ3v) is 2.74. The van der Waals surface area contributed by atoms with Crippen LogP contribution < -0.4 is 11.1 Å². The minimum Gasteiger partial charge on any atom is -0.382 e. The minimum absolute atomic E-state index is 0.00669. The maximum absolute atomic E-state index is 12.2. The second-order valence-electron chi connectivity index (χ2n) is 4.44. The van der Waals surface area contributed by atoms with Crippen LogP contribution in [-0.2, 0) is 0 Å². The molecule has 0 fully saturated rings. The highest BCUT2D eigenvalue weighted by atomic mass is 19.4. The van der Waals surface area contributed by atoms with Crippen LogP contribution in [0.1, 0.15) is 11.1 Å². The van der Waals surface area contributed by atoms with E-state index in [1.54, 1.807) is 24.3 Å². The predicted molar refractivity (Wildman–Crippen MR) is 72.0 cm³/mol. The zero-order valence-electron chi connectivity index (χ0n) is 11.1. The number of nitriles is 1. The van der Waals surface area contributed by atoms with E-state index in [1.165, 1.54) is 4.68 Å². The Hall–Kier alpha value is -2.69. The molecular weight excluding hydrogens is 283 g/mol. The largest absolute Gasteiger partial charge is 0.405 e. The van der Waals surface area contributed by atoms with Gasteiger partial charge in [0.25, 0.3) is 0 Å². The molecule has 0 spiro atoms. The van der Waals surface area contributed by atoms with Crippen LogP contribution in [0.2, 0.25) is 0 Å². The molecule has 0 aliphatic rings. The van der Waals surface area contributed by atoms with Gasteiger partial charge in [-0.3, -0.25) is 0 Å². The van der Waals surface area contributed by atoms with Crippen LogP contribution in [0.25, 0.3) is 5.69 Å². The molecule has 5 nitrogen and oxygen atoms in total. The number of aryl methyl sites for hydroxylation is 1. The van der Waals surface area contributed by atoms with E-state index in [1.807, 2.05) is 13.0 Å². The SMILES string of the molecule is Cc1cccc(-n2nc(NCC(F)(F)F)c(C#N)c2N)c1. The lowest BCUT2D eigenvalue weighted by Gasteiger charge is -2.07. The molecule has 1 heterocycles. The number of nitrogen functional groups attached to an aromatic ring is 1. The summed E-state index contributed by atoms with van der Waals surface area (Å²) in [4.78, 5) is 0. The van der Waals surface area contributed by atoms with Crippen LogP contribution >= 0.6 is 0 Å². The lowest BCUT2D eigenvalue weighted by molar-refractivity contribution is -0.115. The number of hydrogen-bond acceptors (Lipinski definition) is 4. The second-order valence-corrected chi connectivity index (χ2v) is 4.44. The molecule has 0 radical (unpaired) electrons. The van der Waals surface area contributed by atoms with Gasteiger partial charge >= 0.3 is 6.18 Å². The van der Waals surface area contributed by atoms with E-state index in [0.29, 0.717) is 5.69 Å². The average Bonchev–Trinajstić information content (AvgIpc) is 2.72. The van der Waals surface area contributed by atoms with Gasteiger partial charge in [-0.2, -0.15) is 18.4 Å². The van der Waals surface area contributed by atoms with Crippen molar-refractivity contribution < 1.29 is 13.2 Å². The summed E-state index contributed by atoms with van der Waals surface area (Å²) in [5.74, 6) is -0.193. The fourth-order valence-corrected chi connectivity index (χ4v) is 1.81. The number of anilines is 2. The molecule has 21 heavy (non-hydrogen) atoms. The highest BCUT2D eigenvalue weighted by molar-refractivity contribution is 5.66. The van der Waals surface area contributed by atoms with Gasteiger partial charge in [0.2, 0.25) is 0 Å². The number of rotatable bonds is 3. The maximum atomic E-state index is 12.2. The fourth-order valence-electron chi connectivity index (χ4n) is 1.81. The van der Waals surface area contributed by atoms with E-state index in [-0.39, 0.29) is 17.2 Å². The topological polar surface area (TPSA) is 79.7 Å². The average molecular weight is 295 g/mol. The van der Waals surface area contributed by atoms with Crippen LogP contribution in [0.3, 0.4) is 0 Å². The Morgan fingerprint density at radius 3 is 2.71 bits per heavy atom. The Kier molecular flexibility index (Phi) is 3.76. The predicted octanol–water partition coefficient (Wildman–Crippen LogP) is 2.61. The molecule has 1 aromatic heterocycles. The smallest absolute Gasteiger partial charge is 0.382 e. The molecule has 0 unspecified atom stereocenters. The third kappa shape index (κ3) is 3.25. The zero-order valence-corrected chi connectivity index (χ0v) is 11.1. The normalized spacial score (nSPS) is 11.2. The summed E-state index contributed by atoms with van der Waals surface area (Å²) in [6, 6.07) is 8.85. The molecule has 0 atom stereocenters. The first-order valence-corrected chi connectivity index (χ1v) is 5.98. The number of nitrogens with one attached hydrogen (secondary N) is 1. The van der Waals surface area contributed by atoms with Gasteiger partial charge in [-0.15, -0.1) is 5.10 Å². The Balaban J connectivity index is 2.41. The maximum Gasteiger partial charge on any atom is 0.405 e. The van der Waals surface area contributed by atoms with Gasteiger partial charge in [-0.1, -0.05) is 12.1 Å². The number of nitrogens with two attached hydrogens (primary N) is 1. The molecule has 0 bridgehead atoms. The Morgan fingerprint density at radius 1 is 1.43 bits per heavy atom. The Labute approximate surface area is 118 Å². The fraction of sp³-hybridized carbons (Fsp3) is 0.231. The molecule has 0 aliphatic heterocycles. The highest BCUT2D eigenvalue weighted by Crippen LogP contribution is 2.25. The van der Waals surface area contributed by atoms with Crippen LogP contribution in [0.15, 0.2) is 24.3 Å². The third-order valence-electron chi connectivity index (χ3n) is 2.74. The van der Waals surface area contributed by atoms with Crippen LogP contribution in [0.5, 0.6) is 0 Å². The van der Waals surface area contributed by atoms with E-state index in [2.05, 4.69) is 10.4 Å². The van der Waals surface area contributed by atoms with Crippen molar-refractivity contribution in [2.24, 2.45) is 0 Å². The molecule has 1 aromatic carbocycles. The summed E-state index contributed by atoms with van der Waals surface area (Å²) in [6.07, 6.45) is -4.41. The van der Waals surface area contributed by atoms with Crippen molar-refractivity contribution in [2.75, 3.05) is 17.6 Å². The number of halogens is 3. The summed E-state index contributed by atoms with van der Waals surface area (Å²) in [7, 11) is 0. The molecule has 0 aliphatic carbocycles. The van der Waals surface area contributed by atoms with Gasteiger partial charge < -0.3 is 11.1 Å². The summed E-state index contributed by atoms with van der Waals surface area (Å²) in [5.41, 5.74) is 7.19. The molecule has 0 amide bonds. The van der Waals surface area contributed by atoms with Crippen molar-refractivity contribution >= 4 is 11.6 Å². The van der Waals surface area contributed by atoms with Gasteiger partial charge in [0.05, 0.1) is 5.69 Å². The molecule has 0 saturated carbocycles.